The zero-order chi connectivity index (χ0) is 31.5. The lowest BCUT2D eigenvalue weighted by Crippen LogP contribution is -2.12. The molecular weight excluding hydrogens is 564 g/mol. The normalized spacial score (nSPS) is 10.1. The first-order valence-electron chi connectivity index (χ1n) is 12.5. The summed E-state index contributed by atoms with van der Waals surface area (Å²) >= 11 is 0. The van der Waals surface area contributed by atoms with Crippen LogP contribution in [0.15, 0.2) is 84.9 Å². The van der Waals surface area contributed by atoms with Crippen LogP contribution in [-0.4, -0.2) is 67.7 Å². The predicted octanol–water partition coefficient (Wildman–Crippen LogP) is 4.63. The van der Waals surface area contributed by atoms with Gasteiger partial charge in [-0.15, -0.1) is 0 Å². The van der Waals surface area contributed by atoms with Gasteiger partial charge in [-0.25, -0.2) is 19.2 Å². The number of carboxylic acid groups (broad SMARTS) is 4. The molecule has 4 rings (SSSR count). The van der Waals surface area contributed by atoms with E-state index in [-0.39, 0.29) is 64.9 Å². The van der Waals surface area contributed by atoms with Crippen LogP contribution < -0.4 is 9.47 Å². The third kappa shape index (κ3) is 8.72. The summed E-state index contributed by atoms with van der Waals surface area (Å²) in [6.07, 6.45) is 0.279. The van der Waals surface area contributed by atoms with Crippen LogP contribution >= 0.6 is 0 Å². The van der Waals surface area contributed by atoms with Gasteiger partial charge in [0, 0.05) is 0 Å². The zero-order valence-electron chi connectivity index (χ0n) is 22.3. The van der Waals surface area contributed by atoms with Crippen molar-refractivity contribution >= 4 is 23.9 Å². The quantitative estimate of drug-likeness (QED) is 0.132. The summed E-state index contributed by atoms with van der Waals surface area (Å²) in [5.74, 6) is -4.82. The lowest BCUT2D eigenvalue weighted by atomic mass is 10.0. The molecule has 4 aromatic rings. The number of rotatable bonds is 11. The minimum atomic E-state index is -1.24. The molecule has 0 atom stereocenters. The maximum Gasteiger partial charge on any atom is 0.339 e. The second kappa shape index (κ2) is 14.6. The molecule has 222 valence electrons. The van der Waals surface area contributed by atoms with Crippen LogP contribution in [-0.2, 0) is 6.42 Å². The average Bonchev–Trinajstić information content (AvgIpc) is 2.97. The highest BCUT2D eigenvalue weighted by Gasteiger charge is 2.14. The van der Waals surface area contributed by atoms with Crippen LogP contribution in [0.25, 0.3) is 0 Å². The number of carboxylic acids is 4. The van der Waals surface area contributed by atoms with Crippen molar-refractivity contribution in [2.45, 2.75) is 6.42 Å². The standard InChI is InChI=1S/C16H14O6.C15H12O6/c17-15(18)11-5-1-3-7-13(11)21-9-10-22-14-8-4-2-6-12(14)16(19)20;16-12-3-1-8(6-10(12)14(18)19)5-9-2-4-13(17)11(7-9)15(20)21/h1-8H,9-10H2,(H,17,18)(H,19,20);1-4,6-7,16-17H,5H2,(H,18,19)(H,20,21). The fourth-order valence-electron chi connectivity index (χ4n) is 3.81. The first kappa shape index (κ1) is 31.5. The number of ether oxygens (including phenoxy) is 2. The number of para-hydroxylation sites is 2. The van der Waals surface area contributed by atoms with Gasteiger partial charge < -0.3 is 40.1 Å². The van der Waals surface area contributed by atoms with Crippen LogP contribution in [0.1, 0.15) is 52.6 Å². The summed E-state index contributed by atoms with van der Waals surface area (Å²) in [5, 5.41) is 54.8. The molecule has 0 aliphatic heterocycles. The van der Waals surface area contributed by atoms with Crippen molar-refractivity contribution < 1.29 is 59.3 Å². The van der Waals surface area contributed by atoms with Crippen molar-refractivity contribution in [1.29, 1.82) is 0 Å². The molecule has 43 heavy (non-hydrogen) atoms. The molecule has 12 heteroatoms. The molecule has 0 aromatic heterocycles. The van der Waals surface area contributed by atoms with E-state index in [9.17, 15) is 29.4 Å². The van der Waals surface area contributed by atoms with Gasteiger partial charge in [0.25, 0.3) is 0 Å². The fourth-order valence-corrected chi connectivity index (χ4v) is 3.81. The summed E-state index contributed by atoms with van der Waals surface area (Å²) in [5.41, 5.74) is 0.899. The van der Waals surface area contributed by atoms with E-state index in [2.05, 4.69) is 0 Å². The Morgan fingerprint density at radius 2 is 0.837 bits per heavy atom. The van der Waals surface area contributed by atoms with Crippen molar-refractivity contribution in [2.75, 3.05) is 13.2 Å². The second-order valence-corrected chi connectivity index (χ2v) is 8.79. The highest BCUT2D eigenvalue weighted by atomic mass is 16.5. The van der Waals surface area contributed by atoms with E-state index < -0.39 is 23.9 Å². The summed E-state index contributed by atoms with van der Waals surface area (Å²) in [7, 11) is 0. The smallest absolute Gasteiger partial charge is 0.339 e. The van der Waals surface area contributed by atoms with Crippen molar-refractivity contribution in [3.63, 3.8) is 0 Å². The Balaban J connectivity index is 0.000000236. The molecule has 0 unspecified atom stereocenters. The molecule has 0 radical (unpaired) electrons. The Kier molecular flexibility index (Phi) is 10.7. The molecule has 0 saturated carbocycles. The second-order valence-electron chi connectivity index (χ2n) is 8.79. The van der Waals surface area contributed by atoms with Gasteiger partial charge in [0.05, 0.1) is 0 Å². The molecule has 0 saturated heterocycles. The maximum atomic E-state index is 11.0. The number of aromatic hydroxyl groups is 2. The molecule has 0 aliphatic carbocycles. The van der Waals surface area contributed by atoms with Gasteiger partial charge in [-0.3, -0.25) is 0 Å². The highest BCUT2D eigenvalue weighted by molar-refractivity contribution is 5.92. The van der Waals surface area contributed by atoms with Gasteiger partial charge in [0.15, 0.2) is 0 Å². The van der Waals surface area contributed by atoms with Crippen molar-refractivity contribution in [2.24, 2.45) is 0 Å². The summed E-state index contributed by atoms with van der Waals surface area (Å²) in [6.45, 7) is 0.191. The summed E-state index contributed by atoms with van der Waals surface area (Å²) in [6, 6.07) is 20.8. The molecule has 0 aliphatic rings. The van der Waals surface area contributed by atoms with E-state index in [0.717, 1.165) is 0 Å². The molecular formula is C31H26O12. The number of benzene rings is 4. The SMILES string of the molecule is O=C(O)c1cc(Cc2ccc(O)c(C(=O)O)c2)ccc1O.O=C(O)c1ccccc1OCCOc1ccccc1C(=O)O. The lowest BCUT2D eigenvalue weighted by molar-refractivity contribution is 0.0677. The Morgan fingerprint density at radius 1 is 0.488 bits per heavy atom. The predicted molar refractivity (Wildman–Crippen MR) is 151 cm³/mol. The monoisotopic (exact) mass is 590 g/mol. The summed E-state index contributed by atoms with van der Waals surface area (Å²) in [4.78, 5) is 43.9. The van der Waals surface area contributed by atoms with Gasteiger partial charge in [0.2, 0.25) is 0 Å². The topological polar surface area (TPSA) is 208 Å². The Labute approximate surface area is 244 Å². The van der Waals surface area contributed by atoms with Crippen LogP contribution in [0.5, 0.6) is 23.0 Å². The van der Waals surface area contributed by atoms with E-state index >= 15 is 0 Å². The molecule has 0 amide bonds. The molecule has 0 bridgehead atoms. The van der Waals surface area contributed by atoms with Gasteiger partial charge in [-0.05, 0) is 66.1 Å². The third-order valence-corrected chi connectivity index (χ3v) is 5.82. The fraction of sp³-hybridized carbons (Fsp3) is 0.0968. The molecule has 0 heterocycles. The van der Waals surface area contributed by atoms with Crippen molar-refractivity contribution in [1.82, 2.24) is 0 Å². The van der Waals surface area contributed by atoms with Gasteiger partial charge in [0.1, 0.15) is 58.5 Å². The van der Waals surface area contributed by atoms with Crippen LogP contribution in [0.2, 0.25) is 0 Å². The van der Waals surface area contributed by atoms with Crippen LogP contribution in [0.3, 0.4) is 0 Å². The van der Waals surface area contributed by atoms with Gasteiger partial charge in [-0.2, -0.15) is 0 Å². The Bertz CT molecular complexity index is 1520. The number of hydrogen-bond donors (Lipinski definition) is 6. The molecule has 12 nitrogen and oxygen atoms in total. The Hall–Kier alpha value is -6.04. The molecule has 0 spiro atoms. The average molecular weight is 591 g/mol. The number of hydrogen-bond acceptors (Lipinski definition) is 8. The van der Waals surface area contributed by atoms with Gasteiger partial charge >= 0.3 is 23.9 Å². The van der Waals surface area contributed by atoms with Crippen molar-refractivity contribution in [3.8, 4) is 23.0 Å². The first-order chi connectivity index (χ1) is 20.5. The molecule has 6 N–H and O–H groups in total. The molecule has 4 aromatic carbocycles. The van der Waals surface area contributed by atoms with Crippen molar-refractivity contribution in [3.05, 3.63) is 118 Å². The lowest BCUT2D eigenvalue weighted by Gasteiger charge is -2.11. The summed E-state index contributed by atoms with van der Waals surface area (Å²) < 4.78 is 10.7. The number of phenols is 2. The largest absolute Gasteiger partial charge is 0.507 e. The third-order valence-electron chi connectivity index (χ3n) is 5.82. The minimum Gasteiger partial charge on any atom is -0.507 e. The van der Waals surface area contributed by atoms with E-state index in [0.29, 0.717) is 11.1 Å². The maximum absolute atomic E-state index is 11.0. The Morgan fingerprint density at radius 3 is 1.19 bits per heavy atom. The zero-order valence-corrected chi connectivity index (χ0v) is 22.3. The first-order valence-corrected chi connectivity index (χ1v) is 12.5. The van der Waals surface area contributed by atoms with Crippen LogP contribution in [0, 0.1) is 0 Å². The number of aromatic carboxylic acids is 4. The highest BCUT2D eigenvalue weighted by Crippen LogP contribution is 2.24. The van der Waals surface area contributed by atoms with E-state index in [1.54, 1.807) is 48.5 Å². The van der Waals surface area contributed by atoms with Gasteiger partial charge in [-0.1, -0.05) is 36.4 Å². The van der Waals surface area contributed by atoms with E-state index in [4.69, 9.17) is 29.9 Å². The van der Waals surface area contributed by atoms with Crippen LogP contribution in [0.4, 0.5) is 0 Å². The van der Waals surface area contributed by atoms with E-state index in [1.807, 2.05) is 0 Å². The van der Waals surface area contributed by atoms with E-state index in [1.165, 1.54) is 36.4 Å². The molecule has 0 fully saturated rings. The minimum absolute atomic E-state index is 0.0634. The number of carbonyl (C=O) groups is 4.